The monoisotopic (exact) mass is 353 g/mol. The Morgan fingerprint density at radius 1 is 1.24 bits per heavy atom. The molecular formula is C16H17BrFNO2. The van der Waals surface area contributed by atoms with Gasteiger partial charge in [-0.15, -0.1) is 0 Å². The molecule has 0 saturated heterocycles. The van der Waals surface area contributed by atoms with Gasteiger partial charge in [0.15, 0.2) is 0 Å². The summed E-state index contributed by atoms with van der Waals surface area (Å²) in [4.78, 5) is 0. The van der Waals surface area contributed by atoms with Crippen molar-refractivity contribution in [2.75, 3.05) is 13.7 Å². The van der Waals surface area contributed by atoms with E-state index in [0.29, 0.717) is 4.47 Å². The summed E-state index contributed by atoms with van der Waals surface area (Å²) in [6.07, 6.45) is -1.01. The van der Waals surface area contributed by atoms with Gasteiger partial charge in [-0.1, -0.05) is 24.3 Å². The number of ether oxygens (including phenoxy) is 1. The van der Waals surface area contributed by atoms with E-state index in [1.54, 1.807) is 37.4 Å². The molecule has 0 aromatic heterocycles. The van der Waals surface area contributed by atoms with Crippen LogP contribution in [0.15, 0.2) is 46.9 Å². The standard InChI is InChI=1S/C16H17BrFNO2/c1-21-11-7-5-10(6-8-11)13(9-19)16(20)12-3-2-4-14(17)15(12)18/h2-8,13,16,20H,9,19H2,1H3. The molecule has 3 N–H and O–H groups in total. The summed E-state index contributed by atoms with van der Waals surface area (Å²) >= 11 is 3.13. The minimum atomic E-state index is -1.01. The van der Waals surface area contributed by atoms with Crippen LogP contribution < -0.4 is 10.5 Å². The summed E-state index contributed by atoms with van der Waals surface area (Å²) < 4.78 is 19.5. The summed E-state index contributed by atoms with van der Waals surface area (Å²) in [6, 6.07) is 12.1. The van der Waals surface area contributed by atoms with Gasteiger partial charge in [0.05, 0.1) is 17.7 Å². The number of nitrogens with two attached hydrogens (primary N) is 1. The second-order valence-corrected chi connectivity index (χ2v) is 5.56. The highest BCUT2D eigenvalue weighted by atomic mass is 79.9. The van der Waals surface area contributed by atoms with Crippen LogP contribution in [-0.4, -0.2) is 18.8 Å². The van der Waals surface area contributed by atoms with E-state index in [4.69, 9.17) is 10.5 Å². The van der Waals surface area contributed by atoms with Crippen LogP contribution in [0.4, 0.5) is 4.39 Å². The zero-order chi connectivity index (χ0) is 15.4. The molecule has 2 unspecified atom stereocenters. The molecule has 0 spiro atoms. The molecule has 0 bridgehead atoms. The Kier molecular flexibility index (Phi) is 5.33. The van der Waals surface area contributed by atoms with E-state index in [2.05, 4.69) is 15.9 Å². The first-order valence-electron chi connectivity index (χ1n) is 6.54. The van der Waals surface area contributed by atoms with Crippen molar-refractivity contribution in [2.24, 2.45) is 5.73 Å². The van der Waals surface area contributed by atoms with Crippen molar-refractivity contribution in [2.45, 2.75) is 12.0 Å². The lowest BCUT2D eigenvalue weighted by Gasteiger charge is -2.23. The molecule has 0 amide bonds. The number of benzene rings is 2. The lowest BCUT2D eigenvalue weighted by Crippen LogP contribution is -2.21. The Morgan fingerprint density at radius 2 is 1.90 bits per heavy atom. The molecule has 2 atom stereocenters. The Balaban J connectivity index is 2.33. The lowest BCUT2D eigenvalue weighted by atomic mass is 9.89. The van der Waals surface area contributed by atoms with Crippen molar-refractivity contribution in [1.82, 2.24) is 0 Å². The molecule has 0 heterocycles. The van der Waals surface area contributed by atoms with E-state index < -0.39 is 11.9 Å². The van der Waals surface area contributed by atoms with Crippen molar-refractivity contribution in [3.05, 3.63) is 63.9 Å². The van der Waals surface area contributed by atoms with Gasteiger partial charge in [-0.05, 0) is 39.7 Å². The van der Waals surface area contributed by atoms with Gasteiger partial charge in [0, 0.05) is 18.0 Å². The van der Waals surface area contributed by atoms with Crippen molar-refractivity contribution in [3.63, 3.8) is 0 Å². The fourth-order valence-electron chi connectivity index (χ4n) is 2.26. The van der Waals surface area contributed by atoms with Crippen LogP contribution >= 0.6 is 15.9 Å². The third-order valence-corrected chi connectivity index (χ3v) is 4.09. The molecule has 0 fully saturated rings. The van der Waals surface area contributed by atoms with Crippen LogP contribution in [0.2, 0.25) is 0 Å². The highest BCUT2D eigenvalue weighted by Gasteiger charge is 2.24. The second kappa shape index (κ2) is 7.02. The second-order valence-electron chi connectivity index (χ2n) is 4.70. The van der Waals surface area contributed by atoms with Crippen LogP contribution in [0.5, 0.6) is 5.75 Å². The maximum absolute atomic E-state index is 14.1. The highest BCUT2D eigenvalue weighted by molar-refractivity contribution is 9.10. The summed E-state index contributed by atoms with van der Waals surface area (Å²) in [7, 11) is 1.58. The Morgan fingerprint density at radius 3 is 2.48 bits per heavy atom. The number of halogens is 2. The minimum absolute atomic E-state index is 0.208. The fourth-order valence-corrected chi connectivity index (χ4v) is 2.65. The summed E-state index contributed by atoms with van der Waals surface area (Å²) in [6.45, 7) is 0.208. The van der Waals surface area contributed by atoms with E-state index >= 15 is 0 Å². The lowest BCUT2D eigenvalue weighted by molar-refractivity contribution is 0.143. The van der Waals surface area contributed by atoms with Gasteiger partial charge in [-0.25, -0.2) is 4.39 Å². The van der Waals surface area contributed by atoms with Crippen molar-refractivity contribution in [1.29, 1.82) is 0 Å². The van der Waals surface area contributed by atoms with Crippen molar-refractivity contribution >= 4 is 15.9 Å². The molecule has 112 valence electrons. The predicted molar refractivity (Wildman–Crippen MR) is 83.8 cm³/mol. The SMILES string of the molecule is COc1ccc(C(CN)C(O)c2cccc(Br)c2F)cc1. The van der Waals surface area contributed by atoms with E-state index in [1.807, 2.05) is 12.1 Å². The molecule has 21 heavy (non-hydrogen) atoms. The average Bonchev–Trinajstić information content (AvgIpc) is 2.51. The largest absolute Gasteiger partial charge is 0.497 e. The molecular weight excluding hydrogens is 337 g/mol. The fraction of sp³-hybridized carbons (Fsp3) is 0.250. The number of hydrogen-bond donors (Lipinski definition) is 2. The summed E-state index contributed by atoms with van der Waals surface area (Å²) in [5.41, 5.74) is 6.85. The van der Waals surface area contributed by atoms with E-state index in [-0.39, 0.29) is 18.0 Å². The van der Waals surface area contributed by atoms with Crippen LogP contribution in [0.25, 0.3) is 0 Å². The minimum Gasteiger partial charge on any atom is -0.497 e. The zero-order valence-corrected chi connectivity index (χ0v) is 13.2. The van der Waals surface area contributed by atoms with Crippen LogP contribution in [0.3, 0.4) is 0 Å². The normalized spacial score (nSPS) is 13.8. The maximum Gasteiger partial charge on any atom is 0.143 e. The summed E-state index contributed by atoms with van der Waals surface area (Å²) in [5, 5.41) is 10.5. The Labute approximate surface area is 131 Å². The van der Waals surface area contributed by atoms with Crippen LogP contribution in [0.1, 0.15) is 23.1 Å². The van der Waals surface area contributed by atoms with Gasteiger partial charge in [0.2, 0.25) is 0 Å². The molecule has 0 aliphatic carbocycles. The Hall–Kier alpha value is -1.43. The number of aliphatic hydroxyl groups is 1. The van der Waals surface area contributed by atoms with E-state index in [0.717, 1.165) is 11.3 Å². The third-order valence-electron chi connectivity index (χ3n) is 3.48. The quantitative estimate of drug-likeness (QED) is 0.866. The van der Waals surface area contributed by atoms with Gasteiger partial charge < -0.3 is 15.6 Å². The highest BCUT2D eigenvalue weighted by Crippen LogP contribution is 2.34. The van der Waals surface area contributed by atoms with Gasteiger partial charge in [0.25, 0.3) is 0 Å². The molecule has 0 saturated carbocycles. The topological polar surface area (TPSA) is 55.5 Å². The smallest absolute Gasteiger partial charge is 0.143 e. The number of hydrogen-bond acceptors (Lipinski definition) is 3. The number of rotatable bonds is 5. The molecule has 0 aliphatic heterocycles. The molecule has 5 heteroatoms. The first-order valence-corrected chi connectivity index (χ1v) is 7.33. The van der Waals surface area contributed by atoms with E-state index in [1.165, 1.54) is 0 Å². The molecule has 2 aromatic carbocycles. The number of aliphatic hydroxyl groups excluding tert-OH is 1. The van der Waals surface area contributed by atoms with Gasteiger partial charge in [-0.3, -0.25) is 0 Å². The third kappa shape index (κ3) is 3.43. The van der Waals surface area contributed by atoms with Crippen LogP contribution in [0, 0.1) is 5.82 Å². The zero-order valence-electron chi connectivity index (χ0n) is 11.6. The number of methoxy groups -OCH3 is 1. The molecule has 0 aliphatic rings. The maximum atomic E-state index is 14.1. The first kappa shape index (κ1) is 15.9. The van der Waals surface area contributed by atoms with Gasteiger partial charge >= 0.3 is 0 Å². The van der Waals surface area contributed by atoms with E-state index in [9.17, 15) is 9.50 Å². The summed E-state index contributed by atoms with van der Waals surface area (Å²) in [5.74, 6) is -0.130. The molecule has 3 nitrogen and oxygen atoms in total. The van der Waals surface area contributed by atoms with Gasteiger partial charge in [0.1, 0.15) is 11.6 Å². The molecule has 0 radical (unpaired) electrons. The molecule has 2 aromatic rings. The predicted octanol–water partition coefficient (Wildman–Crippen LogP) is 3.37. The van der Waals surface area contributed by atoms with Crippen molar-refractivity contribution in [3.8, 4) is 5.75 Å². The Bertz CT molecular complexity index is 604. The van der Waals surface area contributed by atoms with Crippen LogP contribution in [-0.2, 0) is 0 Å². The van der Waals surface area contributed by atoms with Gasteiger partial charge in [-0.2, -0.15) is 0 Å². The van der Waals surface area contributed by atoms with Crippen molar-refractivity contribution < 1.29 is 14.2 Å². The first-order chi connectivity index (χ1) is 10.1. The average molecular weight is 354 g/mol. The molecule has 2 rings (SSSR count).